The van der Waals surface area contributed by atoms with E-state index in [0.29, 0.717) is 0 Å². The predicted octanol–water partition coefficient (Wildman–Crippen LogP) is 0.257. The zero-order chi connectivity index (χ0) is 9.98. The second-order valence-corrected chi connectivity index (χ2v) is 2.27. The summed E-state index contributed by atoms with van der Waals surface area (Å²) in [7, 11) is 5.12. The smallest absolute Gasteiger partial charge is 0.438 e. The zero-order valence-electron chi connectivity index (χ0n) is 7.36. The summed E-state index contributed by atoms with van der Waals surface area (Å²) in [6.07, 6.45) is -0.657. The van der Waals surface area contributed by atoms with Gasteiger partial charge in [0.05, 0.1) is 28.4 Å². The van der Waals surface area contributed by atoms with Crippen LogP contribution in [0.3, 0.4) is 0 Å². The van der Waals surface area contributed by atoms with Crippen molar-refractivity contribution >= 4 is 17.5 Å². The topological polar surface area (TPSA) is 71.1 Å². The van der Waals surface area contributed by atoms with Gasteiger partial charge in [0, 0.05) is 0 Å². The molecule has 0 saturated carbocycles. The summed E-state index contributed by atoms with van der Waals surface area (Å²) in [6.45, 7) is 0. The van der Waals surface area contributed by atoms with Gasteiger partial charge in [0.25, 0.3) is 0 Å². The average Bonchev–Trinajstić information content (AvgIpc) is 2.16. The average molecular weight is 200 g/mol. The molecule has 6 nitrogen and oxygen atoms in total. The van der Waals surface area contributed by atoms with Crippen molar-refractivity contribution in [3.05, 3.63) is 0 Å². The second-order valence-electron chi connectivity index (χ2n) is 1.20. The molecule has 74 valence electrons. The Morgan fingerprint density at radius 2 is 1.33 bits per heavy atom. The third-order valence-electron chi connectivity index (χ3n) is 0.605. The Labute approximate surface area is 73.6 Å². The van der Waals surface area contributed by atoms with Crippen molar-refractivity contribution in [3.8, 4) is 0 Å². The Morgan fingerprint density at radius 3 is 1.33 bits per heavy atom. The third-order valence-corrected chi connectivity index (χ3v) is 1.15. The molecule has 0 aromatic heterocycles. The number of rotatable bonds is 2. The SMILES string of the molecule is COC(=O)OC.COS(=O)OC. The molecule has 0 heterocycles. The van der Waals surface area contributed by atoms with E-state index in [1.54, 1.807) is 0 Å². The number of carbonyl (C=O) groups excluding carboxylic acids is 1. The molecule has 0 aliphatic rings. The fourth-order valence-electron chi connectivity index (χ4n) is 0.151. The van der Waals surface area contributed by atoms with Gasteiger partial charge in [-0.1, -0.05) is 0 Å². The van der Waals surface area contributed by atoms with Gasteiger partial charge in [-0.25, -0.2) is 4.79 Å². The van der Waals surface area contributed by atoms with Gasteiger partial charge in [0.15, 0.2) is 0 Å². The molecule has 0 fully saturated rings. The molecule has 0 aliphatic heterocycles. The largest absolute Gasteiger partial charge is 0.507 e. The molecular weight excluding hydrogens is 188 g/mol. The minimum absolute atomic E-state index is 0.657. The molecule has 0 spiro atoms. The lowest BCUT2D eigenvalue weighted by Crippen LogP contribution is -1.97. The van der Waals surface area contributed by atoms with Crippen molar-refractivity contribution in [3.63, 3.8) is 0 Å². The summed E-state index contributed by atoms with van der Waals surface area (Å²) in [5.74, 6) is 0. The maximum Gasteiger partial charge on any atom is 0.507 e. The molecule has 12 heavy (non-hydrogen) atoms. The van der Waals surface area contributed by atoms with Crippen molar-refractivity contribution < 1.29 is 26.8 Å². The quantitative estimate of drug-likeness (QED) is 0.595. The maximum atomic E-state index is 9.85. The van der Waals surface area contributed by atoms with Crippen LogP contribution in [-0.2, 0) is 29.2 Å². The van der Waals surface area contributed by atoms with Gasteiger partial charge in [0.2, 0.25) is 0 Å². The second kappa shape index (κ2) is 10.3. The molecule has 0 aromatic rings. The monoisotopic (exact) mass is 200 g/mol. The van der Waals surface area contributed by atoms with Crippen LogP contribution in [0.25, 0.3) is 0 Å². The predicted molar refractivity (Wildman–Crippen MR) is 41.6 cm³/mol. The molecule has 0 amide bonds. The van der Waals surface area contributed by atoms with E-state index >= 15 is 0 Å². The van der Waals surface area contributed by atoms with E-state index < -0.39 is 17.5 Å². The van der Waals surface area contributed by atoms with Crippen LogP contribution in [0.2, 0.25) is 0 Å². The van der Waals surface area contributed by atoms with Crippen LogP contribution in [0, 0.1) is 0 Å². The van der Waals surface area contributed by atoms with Crippen LogP contribution in [0.5, 0.6) is 0 Å². The van der Waals surface area contributed by atoms with E-state index in [9.17, 15) is 9.00 Å². The van der Waals surface area contributed by atoms with Crippen LogP contribution in [0.1, 0.15) is 0 Å². The van der Waals surface area contributed by atoms with E-state index in [2.05, 4.69) is 17.8 Å². The summed E-state index contributed by atoms with van der Waals surface area (Å²) in [6, 6.07) is 0. The molecule has 0 saturated heterocycles. The normalized spacial score (nSPS) is 8.42. The maximum absolute atomic E-state index is 9.85. The van der Waals surface area contributed by atoms with Crippen LogP contribution >= 0.6 is 0 Å². The van der Waals surface area contributed by atoms with Gasteiger partial charge in [-0.2, -0.15) is 4.21 Å². The van der Waals surface area contributed by atoms with Gasteiger partial charge >= 0.3 is 17.5 Å². The summed E-state index contributed by atoms with van der Waals surface area (Å²) >= 11 is -1.53. The lowest BCUT2D eigenvalue weighted by molar-refractivity contribution is 0.0924. The van der Waals surface area contributed by atoms with Crippen LogP contribution in [-0.4, -0.2) is 38.8 Å². The molecule has 0 unspecified atom stereocenters. The third kappa shape index (κ3) is 12.1. The highest BCUT2D eigenvalue weighted by atomic mass is 32.2. The number of carbonyl (C=O) groups is 1. The number of hydrogen-bond donors (Lipinski definition) is 0. The Bertz CT molecular complexity index is 108. The first kappa shape index (κ1) is 13.9. The summed E-state index contributed by atoms with van der Waals surface area (Å²) in [5, 5.41) is 0. The van der Waals surface area contributed by atoms with E-state index in [4.69, 9.17) is 0 Å². The number of methoxy groups -OCH3 is 2. The molecular formula is C5H12O6S. The minimum atomic E-state index is -1.53. The Balaban J connectivity index is 0. The fraction of sp³-hybridized carbons (Fsp3) is 0.800. The Hall–Kier alpha value is -0.660. The van der Waals surface area contributed by atoms with Crippen molar-refractivity contribution in [2.75, 3.05) is 28.4 Å². The molecule has 0 aliphatic carbocycles. The van der Waals surface area contributed by atoms with E-state index in [-0.39, 0.29) is 0 Å². The van der Waals surface area contributed by atoms with Crippen molar-refractivity contribution in [2.24, 2.45) is 0 Å². The van der Waals surface area contributed by atoms with E-state index in [1.807, 2.05) is 0 Å². The summed E-state index contributed by atoms with van der Waals surface area (Å²) < 4.78 is 26.2. The lowest BCUT2D eigenvalue weighted by atomic mass is 11.3. The summed E-state index contributed by atoms with van der Waals surface area (Å²) in [5.41, 5.74) is 0. The fourth-order valence-corrected chi connectivity index (χ4v) is 0.287. The van der Waals surface area contributed by atoms with Gasteiger partial charge in [-0.05, 0) is 0 Å². The first-order valence-electron chi connectivity index (χ1n) is 2.75. The standard InChI is InChI=1S/C3H6O3.C2H6O3S/c1-5-3(4)6-2;1-4-6(3)5-2/h2*1-2H3. The summed E-state index contributed by atoms with van der Waals surface area (Å²) in [4.78, 5) is 9.74. The Kier molecular flexibility index (Phi) is 12.0. The van der Waals surface area contributed by atoms with E-state index in [1.165, 1.54) is 28.4 Å². The minimum Gasteiger partial charge on any atom is -0.438 e. The number of ether oxygens (including phenoxy) is 2. The van der Waals surface area contributed by atoms with Crippen molar-refractivity contribution in [1.29, 1.82) is 0 Å². The highest BCUT2D eigenvalue weighted by Crippen LogP contribution is 1.76. The van der Waals surface area contributed by atoms with Crippen molar-refractivity contribution in [2.45, 2.75) is 0 Å². The van der Waals surface area contributed by atoms with Crippen LogP contribution in [0.15, 0.2) is 0 Å². The first-order chi connectivity index (χ1) is 5.62. The highest BCUT2D eigenvalue weighted by Gasteiger charge is 1.88. The van der Waals surface area contributed by atoms with E-state index in [0.717, 1.165) is 0 Å². The first-order valence-corrected chi connectivity index (χ1v) is 3.75. The number of hydrogen-bond acceptors (Lipinski definition) is 6. The molecule has 0 rings (SSSR count). The lowest BCUT2D eigenvalue weighted by Gasteiger charge is -1.89. The van der Waals surface area contributed by atoms with Gasteiger partial charge < -0.3 is 9.47 Å². The Morgan fingerprint density at radius 1 is 1.00 bits per heavy atom. The molecule has 0 radical (unpaired) electrons. The van der Waals surface area contributed by atoms with Crippen molar-refractivity contribution in [1.82, 2.24) is 0 Å². The van der Waals surface area contributed by atoms with Crippen LogP contribution in [0.4, 0.5) is 4.79 Å². The highest BCUT2D eigenvalue weighted by molar-refractivity contribution is 7.75. The van der Waals surface area contributed by atoms with Crippen LogP contribution < -0.4 is 0 Å². The molecule has 0 N–H and O–H groups in total. The molecule has 0 aromatic carbocycles. The van der Waals surface area contributed by atoms with Gasteiger partial charge in [0.1, 0.15) is 0 Å². The van der Waals surface area contributed by atoms with Gasteiger partial charge in [-0.15, -0.1) is 0 Å². The molecule has 7 heteroatoms. The van der Waals surface area contributed by atoms with Gasteiger partial charge in [-0.3, -0.25) is 8.37 Å². The molecule has 0 bridgehead atoms. The molecule has 0 atom stereocenters. The zero-order valence-corrected chi connectivity index (χ0v) is 8.17.